The van der Waals surface area contributed by atoms with E-state index in [-0.39, 0.29) is 0 Å². The molecule has 0 spiro atoms. The first-order valence-corrected chi connectivity index (χ1v) is 8.84. The van der Waals surface area contributed by atoms with Crippen LogP contribution in [0.15, 0.2) is 0 Å². The van der Waals surface area contributed by atoms with Gasteiger partial charge in [-0.1, -0.05) is 34.6 Å². The Morgan fingerprint density at radius 2 is 1.90 bits per heavy atom. The summed E-state index contributed by atoms with van der Waals surface area (Å²) < 4.78 is 5.74. The van der Waals surface area contributed by atoms with E-state index in [4.69, 9.17) is 4.74 Å². The summed E-state index contributed by atoms with van der Waals surface area (Å²) in [7, 11) is 0. The Kier molecular flexibility index (Phi) is 5.72. The van der Waals surface area contributed by atoms with Crippen LogP contribution >= 0.6 is 0 Å². The Morgan fingerprint density at radius 3 is 2.38 bits per heavy atom. The molecule has 0 radical (unpaired) electrons. The van der Waals surface area contributed by atoms with Gasteiger partial charge in [0.1, 0.15) is 0 Å². The maximum atomic E-state index is 5.74. The summed E-state index contributed by atoms with van der Waals surface area (Å²) >= 11 is 0. The summed E-state index contributed by atoms with van der Waals surface area (Å²) in [5, 5.41) is 3.64. The van der Waals surface area contributed by atoms with Crippen LogP contribution in [0.1, 0.15) is 53.9 Å². The van der Waals surface area contributed by atoms with Gasteiger partial charge in [0.2, 0.25) is 0 Å². The molecule has 0 aromatic rings. The van der Waals surface area contributed by atoms with Gasteiger partial charge in [-0.2, -0.15) is 0 Å². The smallest absolute Gasteiger partial charge is 0.0547 e. The van der Waals surface area contributed by atoms with Gasteiger partial charge in [-0.15, -0.1) is 0 Å². The van der Waals surface area contributed by atoms with E-state index >= 15 is 0 Å². The molecule has 1 atom stereocenters. The van der Waals surface area contributed by atoms with Crippen LogP contribution in [0.2, 0.25) is 0 Å². The van der Waals surface area contributed by atoms with Crippen LogP contribution in [0, 0.1) is 16.7 Å². The Morgan fingerprint density at radius 1 is 1.24 bits per heavy atom. The highest BCUT2D eigenvalue weighted by atomic mass is 16.5. The number of hydrogen-bond donors (Lipinski definition) is 1. The normalized spacial score (nSPS) is 29.4. The fraction of sp³-hybridized carbons (Fsp3) is 1.00. The largest absolute Gasteiger partial charge is 0.381 e. The van der Waals surface area contributed by atoms with Crippen molar-refractivity contribution in [1.29, 1.82) is 0 Å². The molecule has 2 fully saturated rings. The van der Waals surface area contributed by atoms with E-state index in [1.165, 1.54) is 38.9 Å². The van der Waals surface area contributed by atoms with Crippen LogP contribution in [0.25, 0.3) is 0 Å². The molecule has 0 aromatic heterocycles. The summed E-state index contributed by atoms with van der Waals surface area (Å²) in [6.45, 7) is 18.4. The molecule has 1 unspecified atom stereocenters. The molecule has 0 amide bonds. The minimum Gasteiger partial charge on any atom is -0.381 e. The van der Waals surface area contributed by atoms with E-state index < -0.39 is 0 Å². The molecule has 2 rings (SSSR count). The molecule has 1 N–H and O–H groups in total. The van der Waals surface area contributed by atoms with E-state index in [2.05, 4.69) is 44.8 Å². The van der Waals surface area contributed by atoms with Crippen molar-refractivity contribution in [1.82, 2.24) is 10.2 Å². The lowest BCUT2D eigenvalue weighted by Crippen LogP contribution is -2.48. The summed E-state index contributed by atoms with van der Waals surface area (Å²) in [6.07, 6.45) is 3.93. The van der Waals surface area contributed by atoms with Crippen LogP contribution in [0.3, 0.4) is 0 Å². The lowest BCUT2D eigenvalue weighted by atomic mass is 9.75. The quantitative estimate of drug-likeness (QED) is 0.843. The minimum absolute atomic E-state index is 0.346. The Hall–Kier alpha value is -0.120. The van der Waals surface area contributed by atoms with Crippen molar-refractivity contribution in [2.75, 3.05) is 39.4 Å². The minimum atomic E-state index is 0.346. The first-order chi connectivity index (χ1) is 9.81. The summed E-state index contributed by atoms with van der Waals surface area (Å²) in [4.78, 5) is 2.69. The summed E-state index contributed by atoms with van der Waals surface area (Å²) in [5.41, 5.74) is 0.818. The average molecular weight is 296 g/mol. The van der Waals surface area contributed by atoms with Gasteiger partial charge >= 0.3 is 0 Å². The van der Waals surface area contributed by atoms with Crippen molar-refractivity contribution in [3.05, 3.63) is 0 Å². The van der Waals surface area contributed by atoms with Gasteiger partial charge in [-0.25, -0.2) is 0 Å². The number of piperidine rings is 1. The summed E-state index contributed by atoms with van der Waals surface area (Å²) in [6, 6.07) is 0.564. The highest BCUT2D eigenvalue weighted by molar-refractivity contribution is 4.91. The maximum absolute atomic E-state index is 5.74. The second kappa shape index (κ2) is 6.97. The van der Waals surface area contributed by atoms with Crippen molar-refractivity contribution < 1.29 is 4.74 Å². The van der Waals surface area contributed by atoms with Crippen LogP contribution < -0.4 is 5.32 Å². The van der Waals surface area contributed by atoms with Gasteiger partial charge in [-0.05, 0) is 43.7 Å². The topological polar surface area (TPSA) is 24.5 Å². The van der Waals surface area contributed by atoms with E-state index in [1.807, 2.05) is 0 Å². The van der Waals surface area contributed by atoms with Crippen LogP contribution in [0.5, 0.6) is 0 Å². The van der Waals surface area contributed by atoms with Gasteiger partial charge < -0.3 is 15.0 Å². The van der Waals surface area contributed by atoms with Crippen molar-refractivity contribution >= 4 is 0 Å². The van der Waals surface area contributed by atoms with Crippen molar-refractivity contribution in [3.8, 4) is 0 Å². The number of hydrogen-bond acceptors (Lipinski definition) is 3. The standard InChI is InChI=1S/C18H36N2O/c1-15(2)19-12-18(8-11-21-14-18)13-20-9-6-16(7-10-20)17(3,4)5/h15-16,19H,6-14H2,1-5H3. The number of ether oxygens (including phenoxy) is 1. The second-order valence-electron chi connectivity index (χ2n) is 8.75. The first kappa shape index (κ1) is 17.2. The molecular weight excluding hydrogens is 260 g/mol. The molecule has 0 saturated carbocycles. The van der Waals surface area contributed by atoms with Gasteiger partial charge in [0.05, 0.1) is 6.61 Å². The highest BCUT2D eigenvalue weighted by Gasteiger charge is 2.38. The lowest BCUT2D eigenvalue weighted by molar-refractivity contribution is 0.0632. The fourth-order valence-electron chi connectivity index (χ4n) is 3.82. The monoisotopic (exact) mass is 296 g/mol. The lowest BCUT2D eigenvalue weighted by Gasteiger charge is -2.42. The zero-order valence-electron chi connectivity index (χ0n) is 14.9. The Balaban J connectivity index is 1.85. The predicted molar refractivity (Wildman–Crippen MR) is 89.6 cm³/mol. The van der Waals surface area contributed by atoms with Crippen molar-refractivity contribution in [2.24, 2.45) is 16.7 Å². The molecule has 2 aliphatic heterocycles. The Bertz CT molecular complexity index is 308. The molecule has 124 valence electrons. The van der Waals surface area contributed by atoms with Gasteiger partial charge in [0.25, 0.3) is 0 Å². The molecule has 2 heterocycles. The number of nitrogens with zero attached hydrogens (tertiary/aromatic N) is 1. The zero-order valence-corrected chi connectivity index (χ0v) is 14.9. The van der Waals surface area contributed by atoms with Gasteiger partial charge in [0, 0.05) is 31.2 Å². The third kappa shape index (κ3) is 4.94. The zero-order chi connectivity index (χ0) is 15.5. The summed E-state index contributed by atoms with van der Waals surface area (Å²) in [5.74, 6) is 0.887. The SMILES string of the molecule is CC(C)NCC1(CN2CCC(C(C)(C)C)CC2)CCOC1. The number of likely N-dealkylation sites (tertiary alicyclic amines) is 1. The van der Waals surface area contributed by atoms with E-state index in [1.54, 1.807) is 0 Å². The van der Waals surface area contributed by atoms with Crippen LogP contribution in [-0.4, -0.2) is 50.3 Å². The molecule has 21 heavy (non-hydrogen) atoms. The maximum Gasteiger partial charge on any atom is 0.0547 e. The second-order valence-corrected chi connectivity index (χ2v) is 8.75. The number of nitrogens with one attached hydrogen (secondary N) is 1. The molecule has 3 heteroatoms. The van der Waals surface area contributed by atoms with Gasteiger partial charge in [0.15, 0.2) is 0 Å². The molecule has 2 saturated heterocycles. The third-order valence-electron chi connectivity index (χ3n) is 5.44. The van der Waals surface area contributed by atoms with Crippen LogP contribution in [-0.2, 0) is 4.74 Å². The molecule has 0 bridgehead atoms. The fourth-order valence-corrected chi connectivity index (χ4v) is 3.82. The molecular formula is C18H36N2O. The predicted octanol–water partition coefficient (Wildman–Crippen LogP) is 3.15. The molecule has 0 aromatic carbocycles. The molecule has 2 aliphatic rings. The van der Waals surface area contributed by atoms with E-state index in [9.17, 15) is 0 Å². The number of rotatable bonds is 5. The van der Waals surface area contributed by atoms with Crippen molar-refractivity contribution in [3.63, 3.8) is 0 Å². The van der Waals surface area contributed by atoms with Crippen LogP contribution in [0.4, 0.5) is 0 Å². The highest BCUT2D eigenvalue weighted by Crippen LogP contribution is 2.36. The Labute approximate surface area is 131 Å². The first-order valence-electron chi connectivity index (χ1n) is 8.84. The molecule has 3 nitrogen and oxygen atoms in total. The van der Waals surface area contributed by atoms with Gasteiger partial charge in [-0.3, -0.25) is 0 Å². The van der Waals surface area contributed by atoms with E-state index in [0.717, 1.165) is 25.7 Å². The van der Waals surface area contributed by atoms with Crippen molar-refractivity contribution in [2.45, 2.75) is 59.9 Å². The average Bonchev–Trinajstić information content (AvgIpc) is 2.85. The molecule has 0 aliphatic carbocycles. The van der Waals surface area contributed by atoms with E-state index in [0.29, 0.717) is 16.9 Å². The third-order valence-corrected chi connectivity index (χ3v) is 5.44.